The van der Waals surface area contributed by atoms with Crippen LogP contribution in [0.2, 0.25) is 0 Å². The summed E-state index contributed by atoms with van der Waals surface area (Å²) in [7, 11) is 0. The molecule has 7 heteroatoms. The highest BCUT2D eigenvalue weighted by Crippen LogP contribution is 2.51. The summed E-state index contributed by atoms with van der Waals surface area (Å²) in [5.74, 6) is 0.739. The number of epoxide rings is 1. The van der Waals surface area contributed by atoms with Crippen molar-refractivity contribution in [3.8, 4) is 5.75 Å². The first kappa shape index (κ1) is 29.5. The second kappa shape index (κ2) is 12.5. The molecule has 0 saturated carbocycles. The highest BCUT2D eigenvalue weighted by molar-refractivity contribution is 6.00. The maximum Gasteiger partial charge on any atom is 0.189 e. The maximum absolute atomic E-state index is 12.5. The summed E-state index contributed by atoms with van der Waals surface area (Å²) in [6.07, 6.45) is 7.19. The van der Waals surface area contributed by atoms with E-state index in [0.29, 0.717) is 42.3 Å². The largest absolute Gasteiger partial charge is 0.488 e. The third-order valence-electron chi connectivity index (χ3n) is 8.42. The molecule has 0 aliphatic carbocycles. The van der Waals surface area contributed by atoms with Gasteiger partial charge in [0.05, 0.1) is 30.1 Å². The number of furan rings is 1. The molecule has 2 aliphatic rings. The van der Waals surface area contributed by atoms with Crippen molar-refractivity contribution in [2.75, 3.05) is 6.61 Å². The third kappa shape index (κ3) is 5.73. The Morgan fingerprint density at radius 2 is 1.95 bits per heavy atom. The van der Waals surface area contributed by atoms with Crippen molar-refractivity contribution in [3.63, 3.8) is 0 Å². The van der Waals surface area contributed by atoms with Crippen LogP contribution in [0.15, 0.2) is 53.2 Å². The number of benzene rings is 2. The van der Waals surface area contributed by atoms with Crippen LogP contribution in [0.25, 0.3) is 17.0 Å². The maximum atomic E-state index is 12.5. The normalized spacial score (nSPS) is 26.7. The van der Waals surface area contributed by atoms with Crippen molar-refractivity contribution in [2.24, 2.45) is 5.92 Å². The van der Waals surface area contributed by atoms with Gasteiger partial charge in [0.2, 0.25) is 0 Å². The van der Waals surface area contributed by atoms with E-state index in [1.165, 1.54) is 0 Å². The molecule has 2 N–H and O–H groups in total. The Hall–Kier alpha value is -2.97. The molecule has 0 bridgehead atoms. The second-order valence-electron chi connectivity index (χ2n) is 11.7. The molecule has 0 amide bonds. The average Bonchev–Trinajstić information content (AvgIpc) is 3.57. The SMILES string of the molecule is CCCC(c1coc2c(C=O)c(OC/C=C/c3ccccc3)c(CC(C)C)cc12)C1CC(O)C2(OC2CC)C(O)O1. The molecule has 0 radical (unpaired) electrons. The van der Waals surface area contributed by atoms with Crippen LogP contribution in [0.4, 0.5) is 0 Å². The molecule has 2 saturated heterocycles. The molecule has 41 heavy (non-hydrogen) atoms. The number of carbonyl (C=O) groups is 1. The van der Waals surface area contributed by atoms with E-state index in [-0.39, 0.29) is 12.0 Å². The molecule has 2 aromatic carbocycles. The van der Waals surface area contributed by atoms with E-state index < -0.39 is 24.1 Å². The molecule has 3 heterocycles. The second-order valence-corrected chi connectivity index (χ2v) is 11.7. The topological polar surface area (TPSA) is 102 Å². The van der Waals surface area contributed by atoms with Crippen molar-refractivity contribution >= 4 is 23.3 Å². The molecular weight excluding hydrogens is 520 g/mol. The molecule has 220 valence electrons. The fraction of sp³-hybridized carbons (Fsp3) is 0.500. The first-order valence-corrected chi connectivity index (χ1v) is 14.9. The molecule has 5 rings (SSSR count). The summed E-state index contributed by atoms with van der Waals surface area (Å²) in [5.41, 5.74) is 2.78. The molecule has 6 atom stereocenters. The number of hydrogen-bond donors (Lipinski definition) is 2. The van der Waals surface area contributed by atoms with Crippen LogP contribution in [0.3, 0.4) is 0 Å². The number of ether oxygens (including phenoxy) is 3. The molecule has 3 aromatic rings. The van der Waals surface area contributed by atoms with E-state index in [0.717, 1.165) is 47.6 Å². The summed E-state index contributed by atoms with van der Waals surface area (Å²) in [6.45, 7) is 8.65. The quantitative estimate of drug-likeness (QED) is 0.194. The number of aliphatic hydroxyl groups excluding tert-OH is 2. The van der Waals surface area contributed by atoms with Crippen LogP contribution in [-0.2, 0) is 15.9 Å². The number of fused-ring (bicyclic) bond motifs is 1. The lowest BCUT2D eigenvalue weighted by Crippen LogP contribution is -2.53. The van der Waals surface area contributed by atoms with Crippen molar-refractivity contribution in [1.29, 1.82) is 0 Å². The van der Waals surface area contributed by atoms with Crippen LogP contribution < -0.4 is 4.74 Å². The average molecular weight is 563 g/mol. The highest BCUT2D eigenvalue weighted by Gasteiger charge is 2.68. The minimum absolute atomic E-state index is 0.145. The van der Waals surface area contributed by atoms with Gasteiger partial charge < -0.3 is 28.8 Å². The lowest BCUT2D eigenvalue weighted by atomic mass is 9.80. The molecular formula is C34H42O7. The van der Waals surface area contributed by atoms with Gasteiger partial charge in [0.15, 0.2) is 18.2 Å². The Bertz CT molecular complexity index is 1350. The molecule has 1 spiro atoms. The van der Waals surface area contributed by atoms with Crippen LogP contribution in [0.1, 0.15) is 86.3 Å². The van der Waals surface area contributed by atoms with Crippen LogP contribution in [0.5, 0.6) is 5.75 Å². The standard InChI is InChI=1S/C34H42O7/c1-5-11-24(28-18-29(36)34(33(37)40-28)30(6-2)41-34)27-20-39-32-25(27)17-23(16-21(3)4)31(26(32)19-35)38-15-10-14-22-12-8-7-9-13-22/h7-10,12-14,17,19-21,24,28-30,33,36-37H,5-6,11,15-16,18H2,1-4H3/b14-10+. The van der Waals surface area contributed by atoms with Gasteiger partial charge in [0.25, 0.3) is 0 Å². The number of aldehydes is 1. The molecule has 2 aliphatic heterocycles. The van der Waals surface area contributed by atoms with Crippen LogP contribution >= 0.6 is 0 Å². The van der Waals surface area contributed by atoms with E-state index in [1.54, 1.807) is 6.26 Å². The Kier molecular flexibility index (Phi) is 9.00. The van der Waals surface area contributed by atoms with Crippen molar-refractivity contribution in [1.82, 2.24) is 0 Å². The van der Waals surface area contributed by atoms with Gasteiger partial charge in [0, 0.05) is 23.3 Å². The fourth-order valence-corrected chi connectivity index (χ4v) is 6.42. The van der Waals surface area contributed by atoms with E-state index >= 15 is 0 Å². The molecule has 6 unspecified atom stereocenters. The van der Waals surface area contributed by atoms with Crippen molar-refractivity contribution < 1.29 is 33.6 Å². The molecule has 1 aromatic heterocycles. The van der Waals surface area contributed by atoms with Gasteiger partial charge in [-0.05, 0) is 48.4 Å². The van der Waals surface area contributed by atoms with Gasteiger partial charge in [-0.1, -0.05) is 70.5 Å². The van der Waals surface area contributed by atoms with E-state index in [9.17, 15) is 15.0 Å². The smallest absolute Gasteiger partial charge is 0.189 e. The van der Waals surface area contributed by atoms with Crippen molar-refractivity contribution in [2.45, 2.75) is 95.9 Å². The van der Waals surface area contributed by atoms with Crippen LogP contribution in [-0.4, -0.2) is 53.3 Å². The number of carbonyl (C=O) groups excluding carboxylic acids is 1. The zero-order chi connectivity index (χ0) is 29.1. The fourth-order valence-electron chi connectivity index (χ4n) is 6.42. The van der Waals surface area contributed by atoms with E-state index in [1.807, 2.05) is 49.4 Å². The van der Waals surface area contributed by atoms with Gasteiger partial charge in [-0.2, -0.15) is 0 Å². The summed E-state index contributed by atoms with van der Waals surface area (Å²) in [4.78, 5) is 12.5. The zero-order valence-corrected chi connectivity index (χ0v) is 24.4. The van der Waals surface area contributed by atoms with Gasteiger partial charge >= 0.3 is 0 Å². The minimum atomic E-state index is -1.20. The Labute approximate surface area is 242 Å². The number of rotatable bonds is 12. The van der Waals surface area contributed by atoms with E-state index in [4.69, 9.17) is 18.6 Å². The summed E-state index contributed by atoms with van der Waals surface area (Å²) in [5, 5.41) is 22.8. The summed E-state index contributed by atoms with van der Waals surface area (Å²) in [6, 6.07) is 12.1. The van der Waals surface area contributed by atoms with Gasteiger partial charge in [-0.15, -0.1) is 0 Å². The molecule has 2 fully saturated rings. The van der Waals surface area contributed by atoms with E-state index in [2.05, 4.69) is 26.8 Å². The Morgan fingerprint density at radius 3 is 2.59 bits per heavy atom. The number of hydrogen-bond acceptors (Lipinski definition) is 7. The van der Waals surface area contributed by atoms with Crippen molar-refractivity contribution in [3.05, 3.63) is 71.0 Å². The zero-order valence-electron chi connectivity index (χ0n) is 24.4. The Morgan fingerprint density at radius 1 is 1.17 bits per heavy atom. The first-order chi connectivity index (χ1) is 19.8. The van der Waals surface area contributed by atoms with Gasteiger partial charge in [-0.3, -0.25) is 4.79 Å². The monoisotopic (exact) mass is 562 g/mol. The predicted octanol–water partition coefficient (Wildman–Crippen LogP) is 6.44. The molecule has 7 nitrogen and oxygen atoms in total. The lowest BCUT2D eigenvalue weighted by Gasteiger charge is -2.39. The van der Waals surface area contributed by atoms with Crippen LogP contribution in [0, 0.1) is 5.92 Å². The van der Waals surface area contributed by atoms with Gasteiger partial charge in [-0.25, -0.2) is 0 Å². The Balaban J connectivity index is 1.47. The minimum Gasteiger partial charge on any atom is -0.488 e. The predicted molar refractivity (Wildman–Crippen MR) is 158 cm³/mol. The highest BCUT2D eigenvalue weighted by atomic mass is 16.7. The summed E-state index contributed by atoms with van der Waals surface area (Å²) >= 11 is 0. The third-order valence-corrected chi connectivity index (χ3v) is 8.42. The lowest BCUT2D eigenvalue weighted by molar-refractivity contribution is -0.236. The van der Waals surface area contributed by atoms with Gasteiger partial charge in [0.1, 0.15) is 17.9 Å². The number of aliphatic hydroxyl groups is 2. The summed E-state index contributed by atoms with van der Waals surface area (Å²) < 4.78 is 24.2. The first-order valence-electron chi connectivity index (χ1n) is 14.9.